The molecule has 5 heteroatoms. The van der Waals surface area contributed by atoms with E-state index in [0.717, 1.165) is 29.1 Å². The summed E-state index contributed by atoms with van der Waals surface area (Å²) in [6.07, 6.45) is 3.20. The fourth-order valence-electron chi connectivity index (χ4n) is 2.29. The number of carbonyl (C=O) groups is 1. The summed E-state index contributed by atoms with van der Waals surface area (Å²) in [6, 6.07) is 7.67. The van der Waals surface area contributed by atoms with E-state index in [-0.39, 0.29) is 5.91 Å². The molecule has 1 aromatic heterocycles. The monoisotopic (exact) mass is 331 g/mol. The van der Waals surface area contributed by atoms with E-state index in [2.05, 4.69) is 24.3 Å². The van der Waals surface area contributed by atoms with E-state index in [9.17, 15) is 4.79 Å². The Morgan fingerprint density at radius 1 is 1.39 bits per heavy atom. The quantitative estimate of drug-likeness (QED) is 0.822. The zero-order valence-electron chi connectivity index (χ0n) is 13.9. The highest BCUT2D eigenvalue weighted by Gasteiger charge is 2.12. The number of amides is 1. The van der Waals surface area contributed by atoms with Crippen molar-refractivity contribution >= 4 is 29.3 Å². The van der Waals surface area contributed by atoms with Crippen LogP contribution in [0.25, 0.3) is 6.08 Å². The number of nitrogens with zero attached hydrogens (tertiary/aromatic N) is 2. The normalized spacial score (nSPS) is 11.4. The maximum absolute atomic E-state index is 12.0. The molecule has 2 aromatic rings. The van der Waals surface area contributed by atoms with Gasteiger partial charge in [0, 0.05) is 23.9 Å². The molecule has 0 aliphatic heterocycles. The molecule has 1 aromatic carbocycles. The molecule has 1 amide bonds. The summed E-state index contributed by atoms with van der Waals surface area (Å²) in [4.78, 5) is 12.0. The van der Waals surface area contributed by atoms with Crippen LogP contribution in [0, 0.1) is 19.8 Å². The van der Waals surface area contributed by atoms with Crippen molar-refractivity contribution in [1.29, 1.82) is 0 Å². The number of anilines is 1. The molecule has 0 bridgehead atoms. The van der Waals surface area contributed by atoms with Crippen molar-refractivity contribution in [3.05, 3.63) is 52.3 Å². The number of halogens is 1. The lowest BCUT2D eigenvalue weighted by Gasteiger charge is -2.05. The molecule has 1 N–H and O–H groups in total. The van der Waals surface area contributed by atoms with Crippen LogP contribution in [0.15, 0.2) is 30.3 Å². The first-order valence-electron chi connectivity index (χ1n) is 7.65. The van der Waals surface area contributed by atoms with Gasteiger partial charge >= 0.3 is 0 Å². The van der Waals surface area contributed by atoms with Gasteiger partial charge in [-0.2, -0.15) is 5.10 Å². The number of hydrogen-bond donors (Lipinski definition) is 1. The van der Waals surface area contributed by atoms with Gasteiger partial charge in [0.2, 0.25) is 5.91 Å². The lowest BCUT2D eigenvalue weighted by atomic mass is 10.2. The summed E-state index contributed by atoms with van der Waals surface area (Å²) in [6.45, 7) is 8.85. The summed E-state index contributed by atoms with van der Waals surface area (Å²) < 4.78 is 1.78. The van der Waals surface area contributed by atoms with Gasteiger partial charge in [-0.3, -0.25) is 9.48 Å². The molecular weight excluding hydrogens is 310 g/mol. The highest BCUT2D eigenvalue weighted by molar-refractivity contribution is 6.31. The van der Waals surface area contributed by atoms with Crippen molar-refractivity contribution in [1.82, 2.24) is 9.78 Å². The Kier molecular flexibility index (Phi) is 5.61. The molecule has 4 nitrogen and oxygen atoms in total. The van der Waals surface area contributed by atoms with Gasteiger partial charge in [-0.05, 0) is 43.5 Å². The smallest absolute Gasteiger partial charge is 0.248 e. The zero-order valence-corrected chi connectivity index (χ0v) is 14.7. The number of aryl methyl sites for hydroxylation is 2. The third-order valence-electron chi connectivity index (χ3n) is 3.33. The second-order valence-electron chi connectivity index (χ2n) is 6.06. The van der Waals surface area contributed by atoms with Crippen molar-refractivity contribution in [3.8, 4) is 0 Å². The summed E-state index contributed by atoms with van der Waals surface area (Å²) in [5.41, 5.74) is 3.47. The molecular formula is C18H22ClN3O. The van der Waals surface area contributed by atoms with E-state index in [1.54, 1.807) is 10.8 Å². The number of hydrogen-bond acceptors (Lipinski definition) is 2. The van der Waals surface area contributed by atoms with Gasteiger partial charge in [-0.25, -0.2) is 0 Å². The molecule has 1 heterocycles. The van der Waals surface area contributed by atoms with Gasteiger partial charge in [-0.15, -0.1) is 0 Å². The highest BCUT2D eigenvalue weighted by Crippen LogP contribution is 2.22. The zero-order chi connectivity index (χ0) is 17.0. The third-order valence-corrected chi connectivity index (χ3v) is 3.73. The average molecular weight is 332 g/mol. The molecule has 2 rings (SSSR count). The molecule has 0 atom stereocenters. The van der Waals surface area contributed by atoms with Crippen LogP contribution >= 0.6 is 11.6 Å². The lowest BCUT2D eigenvalue weighted by Crippen LogP contribution is -2.07. The van der Waals surface area contributed by atoms with Crippen LogP contribution in [0.5, 0.6) is 0 Å². The average Bonchev–Trinajstić information content (AvgIpc) is 2.70. The molecule has 0 unspecified atom stereocenters. The Balaban J connectivity index is 2.10. The number of rotatable bonds is 5. The minimum absolute atomic E-state index is 0.192. The summed E-state index contributed by atoms with van der Waals surface area (Å²) in [5.74, 6) is 0.260. The van der Waals surface area contributed by atoms with Crippen molar-refractivity contribution in [3.63, 3.8) is 0 Å². The largest absolute Gasteiger partial charge is 0.323 e. The number of nitrogens with one attached hydrogen (secondary N) is 1. The number of benzene rings is 1. The van der Waals surface area contributed by atoms with Crippen LogP contribution in [0.2, 0.25) is 5.15 Å². The van der Waals surface area contributed by atoms with E-state index in [1.807, 2.05) is 38.1 Å². The van der Waals surface area contributed by atoms with E-state index < -0.39 is 0 Å². The van der Waals surface area contributed by atoms with Crippen LogP contribution in [-0.4, -0.2) is 15.7 Å². The Morgan fingerprint density at radius 3 is 2.78 bits per heavy atom. The fraction of sp³-hybridized carbons (Fsp3) is 0.333. The maximum Gasteiger partial charge on any atom is 0.248 e. The Morgan fingerprint density at radius 2 is 2.13 bits per heavy atom. The first kappa shape index (κ1) is 17.3. The minimum Gasteiger partial charge on any atom is -0.323 e. The Bertz CT molecular complexity index is 732. The second-order valence-corrected chi connectivity index (χ2v) is 6.42. The Labute approximate surface area is 142 Å². The van der Waals surface area contributed by atoms with E-state index in [1.165, 1.54) is 6.08 Å². The van der Waals surface area contributed by atoms with Crippen LogP contribution in [0.3, 0.4) is 0 Å². The van der Waals surface area contributed by atoms with Crippen LogP contribution < -0.4 is 5.32 Å². The van der Waals surface area contributed by atoms with Gasteiger partial charge in [0.1, 0.15) is 5.15 Å². The van der Waals surface area contributed by atoms with Crippen LogP contribution in [0.1, 0.15) is 30.7 Å². The molecule has 0 saturated carbocycles. The van der Waals surface area contributed by atoms with Crippen LogP contribution in [0.4, 0.5) is 5.69 Å². The first-order valence-corrected chi connectivity index (χ1v) is 8.03. The molecule has 0 aliphatic carbocycles. The topological polar surface area (TPSA) is 46.9 Å². The van der Waals surface area contributed by atoms with Crippen molar-refractivity contribution in [2.45, 2.75) is 34.2 Å². The summed E-state index contributed by atoms with van der Waals surface area (Å²) in [5, 5.41) is 7.83. The summed E-state index contributed by atoms with van der Waals surface area (Å²) in [7, 11) is 0. The van der Waals surface area contributed by atoms with Gasteiger partial charge in [0.15, 0.2) is 0 Å². The van der Waals surface area contributed by atoms with Gasteiger partial charge in [0.25, 0.3) is 0 Å². The van der Waals surface area contributed by atoms with Crippen LogP contribution in [-0.2, 0) is 11.3 Å². The van der Waals surface area contributed by atoms with E-state index in [4.69, 9.17) is 11.6 Å². The number of carbonyl (C=O) groups excluding carboxylic acids is 1. The molecule has 0 fully saturated rings. The predicted octanol–water partition coefficient (Wildman–Crippen LogP) is 4.46. The minimum atomic E-state index is -0.192. The molecule has 0 spiro atoms. The van der Waals surface area contributed by atoms with Gasteiger partial charge in [0.05, 0.1) is 5.69 Å². The Hall–Kier alpha value is -2.07. The number of aromatic nitrogens is 2. The third kappa shape index (κ3) is 4.70. The van der Waals surface area contributed by atoms with Gasteiger partial charge in [-0.1, -0.05) is 37.6 Å². The molecule has 122 valence electrons. The van der Waals surface area contributed by atoms with E-state index in [0.29, 0.717) is 11.1 Å². The summed E-state index contributed by atoms with van der Waals surface area (Å²) >= 11 is 6.36. The fourth-order valence-corrected chi connectivity index (χ4v) is 2.60. The molecule has 23 heavy (non-hydrogen) atoms. The van der Waals surface area contributed by atoms with Crippen molar-refractivity contribution in [2.24, 2.45) is 5.92 Å². The van der Waals surface area contributed by atoms with E-state index >= 15 is 0 Å². The molecule has 0 aliphatic rings. The predicted molar refractivity (Wildman–Crippen MR) is 95.7 cm³/mol. The van der Waals surface area contributed by atoms with Crippen molar-refractivity contribution in [2.75, 3.05) is 5.32 Å². The standard InChI is InChI=1S/C18H22ClN3O/c1-12(2)11-22-18(19)16(14(4)21-22)8-9-17(23)20-15-7-5-6-13(3)10-15/h5-10,12H,11H2,1-4H3,(H,20,23)/b9-8+. The van der Waals surface area contributed by atoms with Crippen molar-refractivity contribution < 1.29 is 4.79 Å². The molecule has 0 radical (unpaired) electrons. The SMILES string of the molecule is Cc1cccc(NC(=O)/C=C/c2c(C)nn(CC(C)C)c2Cl)c1. The lowest BCUT2D eigenvalue weighted by molar-refractivity contribution is -0.111. The first-order chi connectivity index (χ1) is 10.9. The second kappa shape index (κ2) is 7.47. The van der Waals surface area contributed by atoms with Gasteiger partial charge < -0.3 is 5.32 Å². The highest BCUT2D eigenvalue weighted by atomic mass is 35.5. The molecule has 0 saturated heterocycles. The maximum atomic E-state index is 12.0.